The molecule has 0 saturated heterocycles. The third-order valence-electron chi connectivity index (χ3n) is 2.96. The highest BCUT2D eigenvalue weighted by Gasteiger charge is 2.09. The van der Waals surface area contributed by atoms with Crippen LogP contribution in [0.2, 0.25) is 0 Å². The maximum atomic E-state index is 12.8. The van der Waals surface area contributed by atoms with Crippen LogP contribution in [-0.2, 0) is 17.6 Å². The summed E-state index contributed by atoms with van der Waals surface area (Å²) in [7, 11) is 1.59. The monoisotopic (exact) mass is 336 g/mol. The summed E-state index contributed by atoms with van der Waals surface area (Å²) < 4.78 is 18.8. The van der Waals surface area contributed by atoms with Crippen LogP contribution in [0.15, 0.2) is 46.9 Å². The lowest BCUT2D eigenvalue weighted by Crippen LogP contribution is -2.07. The Labute approximate surface area is 125 Å². The molecule has 0 aromatic heterocycles. The predicted molar refractivity (Wildman–Crippen MR) is 79.5 cm³/mol. The van der Waals surface area contributed by atoms with E-state index in [2.05, 4.69) is 15.9 Å². The fourth-order valence-corrected chi connectivity index (χ4v) is 2.31. The molecule has 0 bridgehead atoms. The molecule has 0 amide bonds. The number of ether oxygens (including phenoxy) is 1. The zero-order valence-corrected chi connectivity index (χ0v) is 12.6. The summed E-state index contributed by atoms with van der Waals surface area (Å²) >= 11 is 3.43. The van der Waals surface area contributed by atoms with Crippen molar-refractivity contribution in [1.29, 1.82) is 0 Å². The van der Waals surface area contributed by atoms with Gasteiger partial charge < -0.3 is 4.74 Å². The van der Waals surface area contributed by atoms with E-state index in [0.29, 0.717) is 12.8 Å². The lowest BCUT2D eigenvalue weighted by atomic mass is 10.0. The van der Waals surface area contributed by atoms with E-state index in [1.165, 1.54) is 12.1 Å². The van der Waals surface area contributed by atoms with Crippen LogP contribution in [-0.4, -0.2) is 12.9 Å². The standard InChI is InChI=1S/C16H14BrFO2/c1-20-15-6-7-16(17)12(10-15)9-14(19)8-11-2-4-13(18)5-3-11/h2-7,10H,8-9H2,1H3. The number of Topliss-reactive ketones (excluding diaryl/α,β-unsaturated/α-hetero) is 1. The van der Waals surface area contributed by atoms with Gasteiger partial charge in [0.25, 0.3) is 0 Å². The number of carbonyl (C=O) groups is 1. The van der Waals surface area contributed by atoms with Crippen LogP contribution in [0.4, 0.5) is 4.39 Å². The van der Waals surface area contributed by atoms with Gasteiger partial charge >= 0.3 is 0 Å². The number of rotatable bonds is 5. The van der Waals surface area contributed by atoms with Gasteiger partial charge in [-0.25, -0.2) is 4.39 Å². The first-order chi connectivity index (χ1) is 9.58. The molecule has 4 heteroatoms. The van der Waals surface area contributed by atoms with Gasteiger partial charge in [0.05, 0.1) is 7.11 Å². The van der Waals surface area contributed by atoms with Crippen LogP contribution in [0, 0.1) is 5.82 Å². The molecule has 0 fully saturated rings. The second-order valence-electron chi connectivity index (χ2n) is 4.48. The third kappa shape index (κ3) is 3.90. The quantitative estimate of drug-likeness (QED) is 0.826. The molecule has 2 aromatic rings. The maximum absolute atomic E-state index is 12.8. The first-order valence-electron chi connectivity index (χ1n) is 6.17. The van der Waals surface area contributed by atoms with E-state index < -0.39 is 0 Å². The topological polar surface area (TPSA) is 26.3 Å². The van der Waals surface area contributed by atoms with Crippen molar-refractivity contribution in [2.45, 2.75) is 12.8 Å². The minimum Gasteiger partial charge on any atom is -0.497 e. The Bertz CT molecular complexity index is 608. The summed E-state index contributed by atoms with van der Waals surface area (Å²) in [6, 6.07) is 11.5. The second-order valence-corrected chi connectivity index (χ2v) is 5.33. The molecule has 0 unspecified atom stereocenters. The first kappa shape index (κ1) is 14.7. The molecule has 0 aliphatic heterocycles. The Kier molecular flexibility index (Phi) is 4.90. The fourth-order valence-electron chi connectivity index (χ4n) is 1.92. The smallest absolute Gasteiger partial charge is 0.141 e. The molecular weight excluding hydrogens is 323 g/mol. The number of hydrogen-bond donors (Lipinski definition) is 0. The molecule has 0 aliphatic rings. The first-order valence-corrected chi connectivity index (χ1v) is 6.96. The average Bonchev–Trinajstić information content (AvgIpc) is 2.44. The molecule has 0 heterocycles. The molecule has 0 radical (unpaired) electrons. The summed E-state index contributed by atoms with van der Waals surface area (Å²) in [5.74, 6) is 0.500. The zero-order chi connectivity index (χ0) is 14.5. The highest BCUT2D eigenvalue weighted by Crippen LogP contribution is 2.23. The van der Waals surface area contributed by atoms with Crippen molar-refractivity contribution in [2.75, 3.05) is 7.11 Å². The summed E-state index contributed by atoms with van der Waals surface area (Å²) in [6.45, 7) is 0. The Morgan fingerprint density at radius 1 is 1.15 bits per heavy atom. The van der Waals surface area contributed by atoms with Crippen molar-refractivity contribution in [1.82, 2.24) is 0 Å². The van der Waals surface area contributed by atoms with Crippen LogP contribution in [0.25, 0.3) is 0 Å². The second kappa shape index (κ2) is 6.66. The fraction of sp³-hybridized carbons (Fsp3) is 0.188. The summed E-state index contributed by atoms with van der Waals surface area (Å²) in [4.78, 5) is 12.1. The highest BCUT2D eigenvalue weighted by atomic mass is 79.9. The number of carbonyl (C=O) groups excluding carboxylic acids is 1. The average molecular weight is 337 g/mol. The van der Waals surface area contributed by atoms with Crippen molar-refractivity contribution >= 4 is 21.7 Å². The van der Waals surface area contributed by atoms with Crippen LogP contribution >= 0.6 is 15.9 Å². The molecule has 104 valence electrons. The molecule has 2 nitrogen and oxygen atoms in total. The minimum absolute atomic E-state index is 0.0746. The van der Waals surface area contributed by atoms with Gasteiger partial charge in [-0.2, -0.15) is 0 Å². The van der Waals surface area contributed by atoms with Crippen LogP contribution in [0.3, 0.4) is 0 Å². The normalized spacial score (nSPS) is 10.3. The van der Waals surface area contributed by atoms with E-state index in [9.17, 15) is 9.18 Å². The third-order valence-corrected chi connectivity index (χ3v) is 3.73. The largest absolute Gasteiger partial charge is 0.497 e. The summed E-state index contributed by atoms with van der Waals surface area (Å²) in [5.41, 5.74) is 1.70. The van der Waals surface area contributed by atoms with Crippen molar-refractivity contribution < 1.29 is 13.9 Å². The van der Waals surface area contributed by atoms with E-state index in [1.807, 2.05) is 18.2 Å². The van der Waals surface area contributed by atoms with Gasteiger partial charge in [-0.3, -0.25) is 4.79 Å². The van der Waals surface area contributed by atoms with E-state index in [0.717, 1.165) is 21.3 Å². The molecule has 2 aromatic carbocycles. The Morgan fingerprint density at radius 2 is 1.85 bits per heavy atom. The van der Waals surface area contributed by atoms with Crippen LogP contribution in [0.5, 0.6) is 5.75 Å². The lowest BCUT2D eigenvalue weighted by Gasteiger charge is -2.07. The number of methoxy groups -OCH3 is 1. The summed E-state index contributed by atoms with van der Waals surface area (Å²) in [5, 5.41) is 0. The molecule has 0 atom stereocenters. The van der Waals surface area contributed by atoms with Gasteiger partial charge in [0.2, 0.25) is 0 Å². The molecule has 0 N–H and O–H groups in total. The van der Waals surface area contributed by atoms with Gasteiger partial charge in [0, 0.05) is 17.3 Å². The van der Waals surface area contributed by atoms with E-state index in [1.54, 1.807) is 19.2 Å². The van der Waals surface area contributed by atoms with Crippen molar-refractivity contribution in [3.05, 3.63) is 63.9 Å². The van der Waals surface area contributed by atoms with E-state index in [4.69, 9.17) is 4.74 Å². The minimum atomic E-state index is -0.295. The maximum Gasteiger partial charge on any atom is 0.141 e. The van der Waals surface area contributed by atoms with Gasteiger partial charge in [-0.1, -0.05) is 28.1 Å². The van der Waals surface area contributed by atoms with Crippen LogP contribution < -0.4 is 4.74 Å². The van der Waals surface area contributed by atoms with Gasteiger partial charge in [-0.15, -0.1) is 0 Å². The Morgan fingerprint density at radius 3 is 2.50 bits per heavy atom. The Balaban J connectivity index is 2.06. The predicted octanol–water partition coefficient (Wildman–Crippen LogP) is 3.95. The number of halogens is 2. The number of ketones is 1. The van der Waals surface area contributed by atoms with Crippen molar-refractivity contribution in [2.24, 2.45) is 0 Å². The lowest BCUT2D eigenvalue weighted by molar-refractivity contribution is -0.117. The summed E-state index contributed by atoms with van der Waals surface area (Å²) in [6.07, 6.45) is 0.610. The highest BCUT2D eigenvalue weighted by molar-refractivity contribution is 9.10. The van der Waals surface area contributed by atoms with Gasteiger partial charge in [0.1, 0.15) is 17.3 Å². The molecule has 0 spiro atoms. The van der Waals surface area contributed by atoms with Crippen molar-refractivity contribution in [3.8, 4) is 5.75 Å². The molecular formula is C16H14BrFO2. The molecule has 2 rings (SSSR count). The van der Waals surface area contributed by atoms with E-state index in [-0.39, 0.29) is 11.6 Å². The van der Waals surface area contributed by atoms with E-state index >= 15 is 0 Å². The Hall–Kier alpha value is -1.68. The number of benzene rings is 2. The SMILES string of the molecule is COc1ccc(Br)c(CC(=O)Cc2ccc(F)cc2)c1. The molecule has 0 saturated carbocycles. The van der Waals surface area contributed by atoms with Crippen molar-refractivity contribution in [3.63, 3.8) is 0 Å². The zero-order valence-electron chi connectivity index (χ0n) is 11.0. The molecule has 0 aliphatic carbocycles. The molecule has 20 heavy (non-hydrogen) atoms. The number of hydrogen-bond acceptors (Lipinski definition) is 2. The van der Waals surface area contributed by atoms with Gasteiger partial charge in [0.15, 0.2) is 0 Å². The van der Waals surface area contributed by atoms with Gasteiger partial charge in [-0.05, 0) is 41.5 Å². The van der Waals surface area contributed by atoms with Crippen LogP contribution in [0.1, 0.15) is 11.1 Å².